The fraction of sp³-hybridized carbons (Fsp3) is 0.538. The van der Waals surface area contributed by atoms with E-state index in [2.05, 4.69) is 9.72 Å². The minimum Gasteiger partial charge on any atom is -0.464 e. The molecule has 0 spiro atoms. The van der Waals surface area contributed by atoms with E-state index < -0.39 is 10.9 Å². The van der Waals surface area contributed by atoms with E-state index in [1.807, 2.05) is 0 Å². The van der Waals surface area contributed by atoms with Crippen LogP contribution in [0, 0.1) is 16.0 Å². The van der Waals surface area contributed by atoms with Crippen LogP contribution in [-0.4, -0.2) is 36.6 Å². The van der Waals surface area contributed by atoms with Crippen LogP contribution in [0.5, 0.6) is 0 Å². The van der Waals surface area contributed by atoms with Crippen LogP contribution in [-0.2, 0) is 4.74 Å². The molecule has 1 aliphatic carbocycles. The van der Waals surface area contributed by atoms with Crippen LogP contribution in [0.25, 0.3) is 0 Å². The quantitative estimate of drug-likeness (QED) is 0.465. The first-order valence-electron chi connectivity index (χ1n) is 6.47. The molecule has 7 nitrogen and oxygen atoms in total. The van der Waals surface area contributed by atoms with Crippen LogP contribution in [0.3, 0.4) is 0 Å². The molecular weight excluding hydrogens is 262 g/mol. The van der Waals surface area contributed by atoms with Gasteiger partial charge in [0, 0.05) is 19.7 Å². The van der Waals surface area contributed by atoms with Crippen molar-refractivity contribution >= 4 is 17.5 Å². The summed E-state index contributed by atoms with van der Waals surface area (Å²) in [7, 11) is 3.01. The summed E-state index contributed by atoms with van der Waals surface area (Å²) in [5.74, 6) is 0.158. The average molecular weight is 279 g/mol. The Kier molecular flexibility index (Phi) is 4.16. The van der Waals surface area contributed by atoms with Gasteiger partial charge in [-0.1, -0.05) is 6.42 Å². The second kappa shape index (κ2) is 5.85. The van der Waals surface area contributed by atoms with Crippen LogP contribution < -0.4 is 4.90 Å². The van der Waals surface area contributed by atoms with E-state index in [9.17, 15) is 14.9 Å². The average Bonchev–Trinajstić information content (AvgIpc) is 2.40. The van der Waals surface area contributed by atoms with Gasteiger partial charge in [0.15, 0.2) is 5.69 Å². The molecule has 7 heteroatoms. The van der Waals surface area contributed by atoms with Crippen molar-refractivity contribution in [1.82, 2.24) is 4.98 Å². The molecule has 1 heterocycles. The summed E-state index contributed by atoms with van der Waals surface area (Å²) in [5.41, 5.74) is -0.0203. The molecule has 0 unspecified atom stereocenters. The number of nitrogens with zero attached hydrogens (tertiary/aromatic N) is 3. The number of hydrogen-bond donors (Lipinski definition) is 0. The van der Waals surface area contributed by atoms with Gasteiger partial charge in [0.25, 0.3) is 0 Å². The SMILES string of the molecule is COC(=O)c1ccc([N+](=O)[O-])c(N(C)CC2CCC2)n1. The zero-order valence-electron chi connectivity index (χ0n) is 11.5. The van der Waals surface area contributed by atoms with Gasteiger partial charge in [-0.15, -0.1) is 0 Å². The number of carbonyl (C=O) groups is 1. The number of ether oxygens (including phenoxy) is 1. The number of carbonyl (C=O) groups excluding carboxylic acids is 1. The lowest BCUT2D eigenvalue weighted by atomic mass is 9.85. The zero-order chi connectivity index (χ0) is 14.7. The largest absolute Gasteiger partial charge is 0.464 e. The van der Waals surface area contributed by atoms with Crippen molar-refractivity contribution in [3.63, 3.8) is 0 Å². The van der Waals surface area contributed by atoms with Gasteiger partial charge in [-0.2, -0.15) is 0 Å². The molecule has 0 amide bonds. The van der Waals surface area contributed by atoms with Crippen molar-refractivity contribution in [1.29, 1.82) is 0 Å². The van der Waals surface area contributed by atoms with Crippen molar-refractivity contribution in [2.75, 3.05) is 25.6 Å². The van der Waals surface area contributed by atoms with Crippen molar-refractivity contribution < 1.29 is 14.5 Å². The van der Waals surface area contributed by atoms with Crippen molar-refractivity contribution in [2.24, 2.45) is 5.92 Å². The number of aromatic nitrogens is 1. The van der Waals surface area contributed by atoms with Crippen molar-refractivity contribution in [3.05, 3.63) is 27.9 Å². The molecule has 1 saturated carbocycles. The van der Waals surface area contributed by atoms with Gasteiger partial charge < -0.3 is 9.64 Å². The van der Waals surface area contributed by atoms with Gasteiger partial charge in [0.2, 0.25) is 5.82 Å². The molecule has 0 aromatic carbocycles. The third kappa shape index (κ3) is 2.87. The molecule has 0 aliphatic heterocycles. The summed E-state index contributed by atoms with van der Waals surface area (Å²) in [4.78, 5) is 27.9. The molecule has 0 saturated heterocycles. The Hall–Kier alpha value is -2.18. The Morgan fingerprint density at radius 2 is 2.25 bits per heavy atom. The lowest BCUT2D eigenvalue weighted by molar-refractivity contribution is -0.384. The summed E-state index contributed by atoms with van der Waals surface area (Å²) in [6, 6.07) is 2.61. The van der Waals surface area contributed by atoms with Crippen LogP contribution in [0.2, 0.25) is 0 Å². The van der Waals surface area contributed by atoms with E-state index in [0.29, 0.717) is 12.5 Å². The number of anilines is 1. The van der Waals surface area contributed by atoms with Gasteiger partial charge in [0.05, 0.1) is 12.0 Å². The number of pyridine rings is 1. The molecule has 0 atom stereocenters. The third-order valence-electron chi connectivity index (χ3n) is 3.56. The van der Waals surface area contributed by atoms with Gasteiger partial charge in [-0.05, 0) is 24.8 Å². The monoisotopic (exact) mass is 279 g/mol. The maximum atomic E-state index is 11.5. The second-order valence-electron chi connectivity index (χ2n) is 4.97. The highest BCUT2D eigenvalue weighted by Gasteiger charge is 2.25. The highest BCUT2D eigenvalue weighted by Crippen LogP contribution is 2.31. The van der Waals surface area contributed by atoms with Gasteiger partial charge in [-0.25, -0.2) is 9.78 Å². The lowest BCUT2D eigenvalue weighted by Crippen LogP contribution is -2.30. The highest BCUT2D eigenvalue weighted by atomic mass is 16.6. The smallest absolute Gasteiger partial charge is 0.356 e. The number of hydrogen-bond acceptors (Lipinski definition) is 6. The molecule has 2 rings (SSSR count). The Labute approximate surface area is 116 Å². The highest BCUT2D eigenvalue weighted by molar-refractivity contribution is 5.88. The molecule has 0 N–H and O–H groups in total. The topological polar surface area (TPSA) is 85.6 Å². The Bertz CT molecular complexity index is 528. The fourth-order valence-electron chi connectivity index (χ4n) is 2.23. The second-order valence-corrected chi connectivity index (χ2v) is 4.97. The van der Waals surface area contributed by atoms with Crippen LogP contribution in [0.4, 0.5) is 11.5 Å². The molecule has 1 fully saturated rings. The minimum atomic E-state index is -0.599. The Morgan fingerprint density at radius 3 is 2.75 bits per heavy atom. The molecule has 1 aromatic heterocycles. The molecule has 0 radical (unpaired) electrons. The number of methoxy groups -OCH3 is 1. The predicted octanol–water partition coefficient (Wildman–Crippen LogP) is 2.01. The van der Waals surface area contributed by atoms with Gasteiger partial charge in [-0.3, -0.25) is 10.1 Å². The Balaban J connectivity index is 2.30. The summed E-state index contributed by atoms with van der Waals surface area (Å²) >= 11 is 0. The molecule has 108 valence electrons. The van der Waals surface area contributed by atoms with Crippen LogP contribution in [0.1, 0.15) is 29.8 Å². The first-order chi connectivity index (χ1) is 9.52. The van der Waals surface area contributed by atoms with Crippen LogP contribution in [0.15, 0.2) is 12.1 Å². The molecular formula is C13H17N3O4. The maximum Gasteiger partial charge on any atom is 0.356 e. The van der Waals surface area contributed by atoms with E-state index in [0.717, 1.165) is 12.8 Å². The van der Waals surface area contributed by atoms with Crippen molar-refractivity contribution in [2.45, 2.75) is 19.3 Å². The van der Waals surface area contributed by atoms with E-state index in [4.69, 9.17) is 0 Å². The Morgan fingerprint density at radius 1 is 1.55 bits per heavy atom. The normalized spacial score (nSPS) is 14.5. The van der Waals surface area contributed by atoms with E-state index in [1.54, 1.807) is 11.9 Å². The first kappa shape index (κ1) is 14.2. The summed E-state index contributed by atoms with van der Waals surface area (Å²) in [5, 5.41) is 11.1. The van der Waals surface area contributed by atoms with E-state index >= 15 is 0 Å². The van der Waals surface area contributed by atoms with E-state index in [1.165, 1.54) is 25.7 Å². The summed E-state index contributed by atoms with van der Waals surface area (Å²) < 4.78 is 4.59. The zero-order valence-corrected chi connectivity index (χ0v) is 11.5. The number of esters is 1. The minimum absolute atomic E-state index is 0.0774. The fourth-order valence-corrected chi connectivity index (χ4v) is 2.23. The number of rotatable bonds is 5. The molecule has 20 heavy (non-hydrogen) atoms. The summed E-state index contributed by atoms with van der Waals surface area (Å²) in [6.07, 6.45) is 3.47. The molecule has 0 bridgehead atoms. The third-order valence-corrected chi connectivity index (χ3v) is 3.56. The summed E-state index contributed by atoms with van der Waals surface area (Å²) in [6.45, 7) is 0.707. The molecule has 1 aromatic rings. The first-order valence-corrected chi connectivity index (χ1v) is 6.47. The number of nitro groups is 1. The standard InChI is InChI=1S/C13H17N3O4/c1-15(8-9-4-3-5-9)12-11(16(18)19)7-6-10(14-12)13(17)20-2/h6-7,9H,3-5,8H2,1-2H3. The van der Waals surface area contributed by atoms with Gasteiger partial charge in [0.1, 0.15) is 0 Å². The van der Waals surface area contributed by atoms with Gasteiger partial charge >= 0.3 is 11.7 Å². The lowest BCUT2D eigenvalue weighted by Gasteiger charge is -2.30. The van der Waals surface area contributed by atoms with Crippen LogP contribution >= 0.6 is 0 Å². The predicted molar refractivity (Wildman–Crippen MR) is 72.8 cm³/mol. The maximum absolute atomic E-state index is 11.5. The van der Waals surface area contributed by atoms with E-state index in [-0.39, 0.29) is 17.2 Å². The van der Waals surface area contributed by atoms with Crippen molar-refractivity contribution in [3.8, 4) is 0 Å². The molecule has 1 aliphatic rings.